The molecule has 0 spiro atoms. The highest BCUT2D eigenvalue weighted by Crippen LogP contribution is 2.40. The number of carbonyl (C=O) groups is 2. The standard InChI is InChI=1S/C19H18O6/c1-10(20)15-8-13-16(21)12-7-5-4-6-11(12)14(17(13)24-15)9-19(2,3)25-18(22)23/h4-8,21H,9H2,1-3H3,(H,22,23). The van der Waals surface area contributed by atoms with E-state index in [1.165, 1.54) is 13.0 Å². The highest BCUT2D eigenvalue weighted by molar-refractivity contribution is 6.08. The Bertz CT molecular complexity index is 996. The van der Waals surface area contributed by atoms with Crippen molar-refractivity contribution in [2.75, 3.05) is 0 Å². The van der Waals surface area contributed by atoms with Crippen LogP contribution in [-0.2, 0) is 11.2 Å². The van der Waals surface area contributed by atoms with Crippen LogP contribution in [0.2, 0.25) is 0 Å². The van der Waals surface area contributed by atoms with Gasteiger partial charge in [0.2, 0.25) is 0 Å². The molecule has 3 aromatic rings. The number of furan rings is 1. The number of Topliss-reactive ketones (excluding diaryl/α,β-unsaturated/α-hetero) is 1. The molecule has 130 valence electrons. The van der Waals surface area contributed by atoms with Crippen molar-refractivity contribution in [2.24, 2.45) is 0 Å². The van der Waals surface area contributed by atoms with E-state index in [0.717, 1.165) is 5.39 Å². The fourth-order valence-electron chi connectivity index (χ4n) is 3.06. The third-order valence-corrected chi connectivity index (χ3v) is 4.08. The van der Waals surface area contributed by atoms with Gasteiger partial charge in [0.15, 0.2) is 11.5 Å². The van der Waals surface area contributed by atoms with Crippen LogP contribution >= 0.6 is 0 Å². The van der Waals surface area contributed by atoms with Gasteiger partial charge in [-0.15, -0.1) is 0 Å². The third-order valence-electron chi connectivity index (χ3n) is 4.08. The van der Waals surface area contributed by atoms with Crippen LogP contribution in [0, 0.1) is 0 Å². The number of benzene rings is 2. The lowest BCUT2D eigenvalue weighted by Crippen LogP contribution is -2.30. The van der Waals surface area contributed by atoms with Gasteiger partial charge in [-0.3, -0.25) is 4.79 Å². The van der Waals surface area contributed by atoms with E-state index in [0.29, 0.717) is 21.9 Å². The number of ketones is 1. The number of hydrogen-bond acceptors (Lipinski definition) is 5. The van der Waals surface area contributed by atoms with Crippen LogP contribution in [0.1, 0.15) is 36.9 Å². The minimum absolute atomic E-state index is 0.0301. The Morgan fingerprint density at radius 3 is 2.40 bits per heavy atom. The quantitative estimate of drug-likeness (QED) is 0.535. The van der Waals surface area contributed by atoms with Crippen molar-refractivity contribution < 1.29 is 29.0 Å². The number of hydrogen-bond donors (Lipinski definition) is 2. The number of rotatable bonds is 4. The van der Waals surface area contributed by atoms with Gasteiger partial charge >= 0.3 is 6.16 Å². The fourth-order valence-corrected chi connectivity index (χ4v) is 3.06. The molecular formula is C19H18O6. The molecule has 0 radical (unpaired) electrons. The molecule has 0 unspecified atom stereocenters. The molecular weight excluding hydrogens is 324 g/mol. The second-order valence-corrected chi connectivity index (χ2v) is 6.59. The van der Waals surface area contributed by atoms with Crippen LogP contribution in [0.15, 0.2) is 34.7 Å². The lowest BCUT2D eigenvalue weighted by Gasteiger charge is -2.24. The predicted molar refractivity (Wildman–Crippen MR) is 92.3 cm³/mol. The summed E-state index contributed by atoms with van der Waals surface area (Å²) < 4.78 is 10.7. The summed E-state index contributed by atoms with van der Waals surface area (Å²) in [5, 5.41) is 21.3. The van der Waals surface area contributed by atoms with E-state index in [1.807, 2.05) is 12.1 Å². The first kappa shape index (κ1) is 16.8. The van der Waals surface area contributed by atoms with Crippen LogP contribution in [0.4, 0.5) is 4.79 Å². The summed E-state index contributed by atoms with van der Waals surface area (Å²) >= 11 is 0. The van der Waals surface area contributed by atoms with E-state index in [9.17, 15) is 14.7 Å². The van der Waals surface area contributed by atoms with Crippen molar-refractivity contribution in [3.8, 4) is 5.75 Å². The molecule has 2 N–H and O–H groups in total. The van der Waals surface area contributed by atoms with Crippen LogP contribution in [0.25, 0.3) is 21.7 Å². The number of carboxylic acid groups (broad SMARTS) is 1. The number of ether oxygens (including phenoxy) is 1. The zero-order valence-corrected chi connectivity index (χ0v) is 14.1. The van der Waals surface area contributed by atoms with Gasteiger partial charge in [0.1, 0.15) is 16.9 Å². The maximum Gasteiger partial charge on any atom is 0.506 e. The molecule has 2 aromatic carbocycles. The third kappa shape index (κ3) is 3.03. The van der Waals surface area contributed by atoms with E-state index in [-0.39, 0.29) is 23.7 Å². The van der Waals surface area contributed by atoms with Crippen molar-refractivity contribution in [1.82, 2.24) is 0 Å². The molecule has 0 saturated carbocycles. The van der Waals surface area contributed by atoms with Crippen LogP contribution in [0.3, 0.4) is 0 Å². The number of phenolic OH excluding ortho intramolecular Hbond substituents is 1. The monoisotopic (exact) mass is 342 g/mol. The number of aromatic hydroxyl groups is 1. The van der Waals surface area contributed by atoms with Crippen molar-refractivity contribution in [2.45, 2.75) is 32.8 Å². The summed E-state index contributed by atoms with van der Waals surface area (Å²) in [6, 6.07) is 8.70. The SMILES string of the molecule is CC(=O)c1cc2c(O)c3ccccc3c(CC(C)(C)OC(=O)O)c2o1. The highest BCUT2D eigenvalue weighted by atomic mass is 16.7. The van der Waals surface area contributed by atoms with Gasteiger partial charge in [0.25, 0.3) is 0 Å². The Kier molecular flexibility index (Phi) is 3.91. The van der Waals surface area contributed by atoms with Crippen molar-refractivity contribution in [3.05, 3.63) is 41.7 Å². The molecule has 0 atom stereocenters. The number of carbonyl (C=O) groups excluding carboxylic acids is 1. The molecule has 1 aromatic heterocycles. The van der Waals surface area contributed by atoms with E-state index >= 15 is 0 Å². The average molecular weight is 342 g/mol. The van der Waals surface area contributed by atoms with E-state index in [2.05, 4.69) is 0 Å². The maximum absolute atomic E-state index is 11.7. The molecule has 0 aliphatic carbocycles. The minimum atomic E-state index is -1.37. The molecule has 3 rings (SSSR count). The Balaban J connectivity index is 2.31. The summed E-state index contributed by atoms with van der Waals surface area (Å²) in [4.78, 5) is 22.6. The molecule has 0 aliphatic heterocycles. The first-order chi connectivity index (χ1) is 11.7. The second-order valence-electron chi connectivity index (χ2n) is 6.59. The Morgan fingerprint density at radius 2 is 1.80 bits per heavy atom. The van der Waals surface area contributed by atoms with Gasteiger partial charge in [-0.05, 0) is 25.3 Å². The van der Waals surface area contributed by atoms with Crippen molar-refractivity contribution in [1.29, 1.82) is 0 Å². The van der Waals surface area contributed by atoms with Gasteiger partial charge < -0.3 is 19.4 Å². The van der Waals surface area contributed by atoms with Crippen molar-refractivity contribution >= 4 is 33.7 Å². The van der Waals surface area contributed by atoms with Gasteiger partial charge in [0, 0.05) is 24.3 Å². The molecule has 1 heterocycles. The van der Waals surface area contributed by atoms with E-state index in [4.69, 9.17) is 14.3 Å². The maximum atomic E-state index is 11.7. The summed E-state index contributed by atoms with van der Waals surface area (Å²) in [6.45, 7) is 4.69. The highest BCUT2D eigenvalue weighted by Gasteiger charge is 2.28. The second kappa shape index (κ2) is 5.81. The largest absolute Gasteiger partial charge is 0.507 e. The summed E-state index contributed by atoms with van der Waals surface area (Å²) in [5.41, 5.74) is 0.0346. The smallest absolute Gasteiger partial charge is 0.506 e. The van der Waals surface area contributed by atoms with Crippen molar-refractivity contribution in [3.63, 3.8) is 0 Å². The Labute approximate surface area is 143 Å². The average Bonchev–Trinajstić information content (AvgIpc) is 2.96. The van der Waals surface area contributed by atoms with Crippen LogP contribution in [-0.4, -0.2) is 27.8 Å². The zero-order valence-electron chi connectivity index (χ0n) is 14.1. The predicted octanol–water partition coefficient (Wildman–Crippen LogP) is 4.51. The minimum Gasteiger partial charge on any atom is -0.507 e. The lowest BCUT2D eigenvalue weighted by atomic mass is 9.92. The van der Waals surface area contributed by atoms with Crippen LogP contribution in [0.5, 0.6) is 5.75 Å². The Hall–Kier alpha value is -3.02. The summed E-state index contributed by atoms with van der Waals surface area (Å²) in [6.07, 6.45) is -1.14. The van der Waals surface area contributed by atoms with E-state index < -0.39 is 11.8 Å². The molecule has 6 nitrogen and oxygen atoms in total. The topological polar surface area (TPSA) is 97.0 Å². The molecule has 0 bridgehead atoms. The first-order valence-corrected chi connectivity index (χ1v) is 7.78. The number of fused-ring (bicyclic) bond motifs is 2. The molecule has 25 heavy (non-hydrogen) atoms. The zero-order chi connectivity index (χ0) is 18.4. The summed E-state index contributed by atoms with van der Waals surface area (Å²) in [5.74, 6) is -0.0898. The summed E-state index contributed by atoms with van der Waals surface area (Å²) in [7, 11) is 0. The fraction of sp³-hybridized carbons (Fsp3) is 0.263. The van der Waals surface area contributed by atoms with Gasteiger partial charge in [0.05, 0.1) is 5.39 Å². The first-order valence-electron chi connectivity index (χ1n) is 7.78. The molecule has 6 heteroatoms. The molecule has 0 aliphatic rings. The Morgan fingerprint density at radius 1 is 1.16 bits per heavy atom. The normalized spacial score (nSPS) is 11.8. The molecule has 0 fully saturated rings. The molecule has 0 saturated heterocycles. The van der Waals surface area contributed by atoms with E-state index in [1.54, 1.807) is 26.0 Å². The molecule has 0 amide bonds. The van der Waals surface area contributed by atoms with Gasteiger partial charge in [-0.25, -0.2) is 4.79 Å². The van der Waals surface area contributed by atoms with Gasteiger partial charge in [-0.2, -0.15) is 0 Å². The lowest BCUT2D eigenvalue weighted by molar-refractivity contribution is 0.00446. The van der Waals surface area contributed by atoms with Crippen LogP contribution < -0.4 is 0 Å². The number of phenols is 1. The van der Waals surface area contributed by atoms with Gasteiger partial charge in [-0.1, -0.05) is 24.3 Å².